The van der Waals surface area contributed by atoms with E-state index in [0.29, 0.717) is 37.7 Å². The number of hydrogen-bond donors (Lipinski definition) is 2. The number of para-hydroxylation sites is 1. The largest absolute Gasteiger partial charge is 0.408 e. The number of nitrogens with one attached hydrogen (secondary N) is 1. The summed E-state index contributed by atoms with van der Waals surface area (Å²) in [6.45, 7) is 1.75. The third kappa shape index (κ3) is 5.96. The Hall–Kier alpha value is -2.99. The zero-order valence-corrected chi connectivity index (χ0v) is 22.2. The van der Waals surface area contributed by atoms with Crippen molar-refractivity contribution < 1.29 is 22.6 Å². The quantitative estimate of drug-likeness (QED) is 0.472. The van der Waals surface area contributed by atoms with Gasteiger partial charge in [-0.25, -0.2) is 4.98 Å². The van der Waals surface area contributed by atoms with E-state index in [0.717, 1.165) is 29.3 Å². The molecule has 1 fully saturated rings. The molecule has 0 aliphatic carbocycles. The summed E-state index contributed by atoms with van der Waals surface area (Å²) in [6, 6.07) is 8.00. The van der Waals surface area contributed by atoms with Gasteiger partial charge in [0.1, 0.15) is 6.04 Å². The first kappa shape index (κ1) is 27.6. The summed E-state index contributed by atoms with van der Waals surface area (Å²) < 4.78 is 53.4. The number of ether oxygens (including phenoxy) is 2. The van der Waals surface area contributed by atoms with Gasteiger partial charge in [0.25, 0.3) is 0 Å². The number of aromatic nitrogens is 1. The van der Waals surface area contributed by atoms with Crippen LogP contribution in [-0.4, -0.2) is 79.4 Å². The predicted octanol–water partition coefficient (Wildman–Crippen LogP) is 3.71. The normalized spacial score (nSPS) is 22.3. The first-order valence-corrected chi connectivity index (χ1v) is 13.2. The number of nitrogens with two attached hydrogens (primary N) is 1. The average Bonchev–Trinajstić information content (AvgIpc) is 3.52. The van der Waals surface area contributed by atoms with Crippen molar-refractivity contribution >= 4 is 16.7 Å². The van der Waals surface area contributed by atoms with Crippen LogP contribution in [0.5, 0.6) is 0 Å². The summed E-state index contributed by atoms with van der Waals surface area (Å²) in [5.41, 5.74) is 11.8. The number of nitrogens with zero attached hydrogens (tertiary/aromatic N) is 4. The van der Waals surface area contributed by atoms with E-state index in [1.54, 1.807) is 31.4 Å². The topological polar surface area (TPSA) is 88.2 Å². The van der Waals surface area contributed by atoms with Crippen LogP contribution in [0.1, 0.15) is 30.3 Å². The van der Waals surface area contributed by atoms with Crippen molar-refractivity contribution in [3.8, 4) is 0 Å². The van der Waals surface area contributed by atoms with Crippen LogP contribution in [0.15, 0.2) is 59.4 Å². The molecule has 2 aromatic rings. The minimum absolute atomic E-state index is 0.160. The van der Waals surface area contributed by atoms with Gasteiger partial charge in [-0.1, -0.05) is 30.3 Å². The highest BCUT2D eigenvalue weighted by atomic mass is 19.4. The Balaban J connectivity index is 1.41. The Morgan fingerprint density at radius 2 is 1.92 bits per heavy atom. The second-order valence-corrected chi connectivity index (χ2v) is 10.4. The number of hydrogen-bond acceptors (Lipinski definition) is 8. The Morgan fingerprint density at radius 1 is 1.13 bits per heavy atom. The monoisotopic (exact) mass is 544 g/mol. The van der Waals surface area contributed by atoms with Crippen molar-refractivity contribution in [2.75, 3.05) is 40.5 Å². The Kier molecular flexibility index (Phi) is 8.22. The Labute approximate surface area is 226 Å². The Morgan fingerprint density at radius 3 is 2.62 bits per heavy atom. The number of benzene rings is 1. The minimum atomic E-state index is -4.43. The second-order valence-electron chi connectivity index (χ2n) is 10.4. The van der Waals surface area contributed by atoms with Crippen LogP contribution in [0.3, 0.4) is 0 Å². The van der Waals surface area contributed by atoms with Gasteiger partial charge in [0.05, 0.1) is 24.4 Å². The molecule has 1 aromatic heterocycles. The van der Waals surface area contributed by atoms with Crippen molar-refractivity contribution in [2.24, 2.45) is 16.8 Å². The molecule has 5 rings (SSSR count). The van der Waals surface area contributed by atoms with E-state index in [9.17, 15) is 13.2 Å². The highest BCUT2D eigenvalue weighted by molar-refractivity contribution is 5.96. The summed E-state index contributed by atoms with van der Waals surface area (Å²) >= 11 is 0. The number of fused-ring (bicyclic) bond motifs is 2. The number of halogens is 3. The van der Waals surface area contributed by atoms with Crippen LogP contribution in [0, 0.1) is 5.92 Å². The van der Waals surface area contributed by atoms with Gasteiger partial charge in [0.15, 0.2) is 12.0 Å². The van der Waals surface area contributed by atoms with Gasteiger partial charge >= 0.3 is 6.18 Å². The third-order valence-electron chi connectivity index (χ3n) is 7.54. The van der Waals surface area contributed by atoms with Crippen molar-refractivity contribution in [2.45, 2.75) is 43.7 Å². The maximum Gasteiger partial charge on any atom is 0.408 e. The lowest BCUT2D eigenvalue weighted by Gasteiger charge is -2.33. The first-order chi connectivity index (χ1) is 18.8. The van der Waals surface area contributed by atoms with Crippen LogP contribution in [0.25, 0.3) is 10.9 Å². The van der Waals surface area contributed by atoms with Gasteiger partial charge in [0.2, 0.25) is 0 Å². The van der Waals surface area contributed by atoms with Crippen molar-refractivity contribution in [3.05, 3.63) is 65.5 Å². The van der Waals surface area contributed by atoms with Crippen molar-refractivity contribution in [1.29, 1.82) is 0 Å². The highest BCUT2D eigenvalue weighted by Crippen LogP contribution is 2.36. The van der Waals surface area contributed by atoms with Gasteiger partial charge in [-0.05, 0) is 42.5 Å². The molecule has 0 amide bonds. The lowest BCUT2D eigenvalue weighted by molar-refractivity contribution is -0.170. The van der Waals surface area contributed by atoms with Crippen LogP contribution in [-0.2, 0) is 15.9 Å². The lowest BCUT2D eigenvalue weighted by Crippen LogP contribution is -2.47. The molecule has 3 aliphatic rings. The standard InChI is InChI=1S/C28H35F3N6O2/c1-38-16-18(17-39-2)6-7-19-4-3-5-20-8-10-23(33-25(19)20)27-35-34-24-11-9-21(14-37(24)27)26(28(29,30)31)36-13-12-22(32)15-36/h3-5,8-11,14,18,22,26-27,35H,6-7,12-13,15-17,32H2,1-2H3/t22-,26+,27?/m0/s1. The van der Waals surface area contributed by atoms with Gasteiger partial charge in [0, 0.05) is 50.9 Å². The van der Waals surface area contributed by atoms with Crippen molar-refractivity contribution in [1.82, 2.24) is 20.2 Å². The number of methoxy groups -OCH3 is 2. The summed E-state index contributed by atoms with van der Waals surface area (Å²) in [6.07, 6.45) is 1.93. The van der Waals surface area contributed by atoms with E-state index in [2.05, 4.69) is 16.6 Å². The summed E-state index contributed by atoms with van der Waals surface area (Å²) in [7, 11) is 3.37. The van der Waals surface area contributed by atoms with Gasteiger partial charge in [-0.2, -0.15) is 18.3 Å². The second kappa shape index (κ2) is 11.6. The zero-order chi connectivity index (χ0) is 27.6. The SMILES string of the molecule is COCC(CCc1cccc2ccc(C3NN=C4C=CC([C@@H](N5CC[C@H](N)C5)C(F)(F)F)=CN43)nc12)COC. The zero-order valence-electron chi connectivity index (χ0n) is 22.2. The molecule has 0 radical (unpaired) electrons. The fourth-order valence-electron chi connectivity index (χ4n) is 5.67. The number of aryl methyl sites for hydroxylation is 1. The summed E-state index contributed by atoms with van der Waals surface area (Å²) in [5.74, 6) is 0.807. The minimum Gasteiger partial charge on any atom is -0.384 e. The molecule has 3 aliphatic heterocycles. The predicted molar refractivity (Wildman–Crippen MR) is 144 cm³/mol. The molecule has 11 heteroatoms. The van der Waals surface area contributed by atoms with Crippen LogP contribution in [0.2, 0.25) is 0 Å². The molecular formula is C28H35F3N6O2. The molecule has 1 unspecified atom stereocenters. The fraction of sp³-hybridized carbons (Fsp3) is 0.500. The number of pyridine rings is 1. The van der Waals surface area contributed by atoms with E-state index < -0.39 is 18.4 Å². The maximum absolute atomic E-state index is 14.2. The van der Waals surface area contributed by atoms with E-state index in [-0.39, 0.29) is 24.1 Å². The van der Waals surface area contributed by atoms with E-state index in [1.165, 1.54) is 11.0 Å². The van der Waals surface area contributed by atoms with Crippen LogP contribution < -0.4 is 11.2 Å². The molecule has 0 spiro atoms. The highest BCUT2D eigenvalue weighted by Gasteiger charge is 2.48. The fourth-order valence-corrected chi connectivity index (χ4v) is 5.67. The smallest absolute Gasteiger partial charge is 0.384 e. The van der Waals surface area contributed by atoms with Crippen LogP contribution in [0.4, 0.5) is 13.2 Å². The average molecular weight is 545 g/mol. The third-order valence-corrected chi connectivity index (χ3v) is 7.54. The van der Waals surface area contributed by atoms with Crippen molar-refractivity contribution in [3.63, 3.8) is 0 Å². The Bertz CT molecular complexity index is 1260. The maximum atomic E-state index is 14.2. The number of likely N-dealkylation sites (tertiary alicyclic amines) is 1. The van der Waals surface area contributed by atoms with Crippen LogP contribution >= 0.6 is 0 Å². The molecule has 3 atom stereocenters. The number of amidine groups is 1. The lowest BCUT2D eigenvalue weighted by atomic mass is 9.98. The number of hydrazone groups is 1. The molecule has 210 valence electrons. The van der Waals surface area contributed by atoms with Gasteiger partial charge in [-0.15, -0.1) is 0 Å². The molecule has 0 bridgehead atoms. The molecule has 8 nitrogen and oxygen atoms in total. The molecule has 4 heterocycles. The van der Waals surface area contributed by atoms with E-state index in [4.69, 9.17) is 20.2 Å². The molecule has 39 heavy (non-hydrogen) atoms. The molecular weight excluding hydrogens is 509 g/mol. The number of rotatable bonds is 10. The van der Waals surface area contributed by atoms with Gasteiger partial charge in [-0.3, -0.25) is 10.3 Å². The van der Waals surface area contributed by atoms with E-state index in [1.807, 2.05) is 24.3 Å². The summed E-state index contributed by atoms with van der Waals surface area (Å²) in [5, 5.41) is 5.37. The van der Waals surface area contributed by atoms with Gasteiger partial charge < -0.3 is 20.1 Å². The molecule has 0 saturated carbocycles. The first-order valence-electron chi connectivity index (χ1n) is 13.2. The number of alkyl halides is 3. The molecule has 1 aromatic carbocycles. The van der Waals surface area contributed by atoms with E-state index >= 15 is 0 Å². The summed E-state index contributed by atoms with van der Waals surface area (Å²) in [4.78, 5) is 8.13. The molecule has 1 saturated heterocycles. The molecule has 3 N–H and O–H groups in total.